The van der Waals surface area contributed by atoms with Crippen molar-refractivity contribution in [1.82, 2.24) is 5.43 Å². The average molecular weight is 498 g/mol. The molecule has 0 spiro atoms. The highest BCUT2D eigenvalue weighted by molar-refractivity contribution is 6.30. The summed E-state index contributed by atoms with van der Waals surface area (Å²) in [6.07, 6.45) is 1.35. The SMILES string of the molecule is COc1cc(/C=N\NC(=O)COc2ccc(C)cc2[N+](=O)[O-])ccc1OC(=O)c1ccc(Cl)cc1. The molecule has 3 rings (SSSR count). The summed E-state index contributed by atoms with van der Waals surface area (Å²) in [6.45, 7) is 1.24. The van der Waals surface area contributed by atoms with Crippen LogP contribution in [-0.4, -0.2) is 36.7 Å². The first-order valence-corrected chi connectivity index (χ1v) is 10.5. The van der Waals surface area contributed by atoms with Gasteiger partial charge in [-0.15, -0.1) is 0 Å². The van der Waals surface area contributed by atoms with Crippen molar-refractivity contribution in [2.45, 2.75) is 6.92 Å². The summed E-state index contributed by atoms with van der Waals surface area (Å²) >= 11 is 5.83. The zero-order valence-electron chi connectivity index (χ0n) is 18.7. The number of rotatable bonds is 9. The van der Waals surface area contributed by atoms with Crippen LogP contribution in [0.1, 0.15) is 21.5 Å². The van der Waals surface area contributed by atoms with Gasteiger partial charge in [-0.3, -0.25) is 14.9 Å². The number of nitrogens with zero attached hydrogens (tertiary/aromatic N) is 2. The van der Waals surface area contributed by atoms with Crippen molar-refractivity contribution in [3.63, 3.8) is 0 Å². The molecule has 180 valence electrons. The van der Waals surface area contributed by atoms with Crippen LogP contribution in [0, 0.1) is 17.0 Å². The molecule has 0 fully saturated rings. The minimum atomic E-state index is -0.614. The second kappa shape index (κ2) is 11.6. The Morgan fingerprint density at radius 2 is 1.77 bits per heavy atom. The predicted molar refractivity (Wildman–Crippen MR) is 128 cm³/mol. The zero-order valence-corrected chi connectivity index (χ0v) is 19.4. The van der Waals surface area contributed by atoms with Crippen LogP contribution in [-0.2, 0) is 4.79 Å². The van der Waals surface area contributed by atoms with Gasteiger partial charge >= 0.3 is 11.7 Å². The van der Waals surface area contributed by atoms with Gasteiger partial charge in [-0.1, -0.05) is 17.7 Å². The third-order valence-electron chi connectivity index (χ3n) is 4.54. The van der Waals surface area contributed by atoms with E-state index in [-0.39, 0.29) is 22.9 Å². The number of nitrogens with one attached hydrogen (secondary N) is 1. The second-order valence-corrected chi connectivity index (χ2v) is 7.55. The lowest BCUT2D eigenvalue weighted by molar-refractivity contribution is -0.385. The Labute approximate surface area is 205 Å². The van der Waals surface area contributed by atoms with E-state index in [1.54, 1.807) is 49.4 Å². The molecule has 0 aliphatic heterocycles. The van der Waals surface area contributed by atoms with Crippen LogP contribution in [0.3, 0.4) is 0 Å². The third-order valence-corrected chi connectivity index (χ3v) is 4.80. The van der Waals surface area contributed by atoms with Gasteiger partial charge in [0, 0.05) is 11.1 Å². The number of hydrogen-bond donors (Lipinski definition) is 1. The second-order valence-electron chi connectivity index (χ2n) is 7.12. The molecule has 0 unspecified atom stereocenters. The highest BCUT2D eigenvalue weighted by atomic mass is 35.5. The summed E-state index contributed by atoms with van der Waals surface area (Å²) in [4.78, 5) is 34.9. The molecular weight excluding hydrogens is 478 g/mol. The molecular formula is C24H20ClN3O7. The minimum absolute atomic E-state index is 0.0202. The topological polar surface area (TPSA) is 129 Å². The average Bonchev–Trinajstić information content (AvgIpc) is 2.84. The predicted octanol–water partition coefficient (Wildman–Crippen LogP) is 4.31. The van der Waals surface area contributed by atoms with Crippen molar-refractivity contribution in [2.24, 2.45) is 5.10 Å². The molecule has 0 aromatic heterocycles. The summed E-state index contributed by atoms with van der Waals surface area (Å²) in [5.74, 6) is -0.744. The Bertz CT molecular complexity index is 1280. The van der Waals surface area contributed by atoms with Crippen molar-refractivity contribution in [3.8, 4) is 17.2 Å². The normalized spacial score (nSPS) is 10.6. The monoisotopic (exact) mass is 497 g/mol. The van der Waals surface area contributed by atoms with Gasteiger partial charge in [0.05, 0.1) is 23.8 Å². The molecule has 0 saturated carbocycles. The highest BCUT2D eigenvalue weighted by Gasteiger charge is 2.16. The van der Waals surface area contributed by atoms with E-state index in [9.17, 15) is 19.7 Å². The number of hydrazone groups is 1. The maximum atomic E-state index is 12.3. The number of esters is 1. The molecule has 1 N–H and O–H groups in total. The largest absolute Gasteiger partial charge is 0.493 e. The molecule has 0 aliphatic carbocycles. The number of carbonyl (C=O) groups excluding carboxylic acids is 2. The van der Waals surface area contributed by atoms with Crippen LogP contribution < -0.4 is 19.6 Å². The van der Waals surface area contributed by atoms with Gasteiger partial charge in [-0.05, 0) is 66.6 Å². The molecule has 0 saturated heterocycles. The maximum Gasteiger partial charge on any atom is 0.343 e. The van der Waals surface area contributed by atoms with Gasteiger partial charge in [-0.2, -0.15) is 5.10 Å². The fraction of sp³-hybridized carbons (Fsp3) is 0.125. The number of hydrogen-bond acceptors (Lipinski definition) is 8. The molecule has 0 radical (unpaired) electrons. The van der Waals surface area contributed by atoms with E-state index in [0.717, 1.165) is 0 Å². The standard InChI is InChI=1S/C24H20ClN3O7/c1-15-3-9-20(19(11-15)28(31)32)34-14-23(29)27-26-13-16-4-10-21(22(12-16)33-2)35-24(30)17-5-7-18(25)8-6-17/h3-13H,14H2,1-2H3,(H,27,29)/b26-13-. The van der Waals surface area contributed by atoms with Crippen LogP contribution >= 0.6 is 11.6 Å². The van der Waals surface area contributed by atoms with Crippen LogP contribution in [0.5, 0.6) is 17.2 Å². The Hall–Kier alpha value is -4.44. The molecule has 0 aliphatic rings. The number of nitro groups is 1. The number of ether oxygens (including phenoxy) is 3. The number of carbonyl (C=O) groups is 2. The van der Waals surface area contributed by atoms with Crippen molar-refractivity contribution in [3.05, 3.63) is 92.5 Å². The van der Waals surface area contributed by atoms with Crippen molar-refractivity contribution in [1.29, 1.82) is 0 Å². The molecule has 10 nitrogen and oxygen atoms in total. The Balaban J connectivity index is 1.58. The third kappa shape index (κ3) is 7.02. The molecule has 0 atom stereocenters. The molecule has 0 heterocycles. The quantitative estimate of drug-likeness (QED) is 0.153. The summed E-state index contributed by atoms with van der Waals surface area (Å²) in [5, 5.41) is 15.5. The minimum Gasteiger partial charge on any atom is -0.493 e. The lowest BCUT2D eigenvalue weighted by Crippen LogP contribution is -2.24. The van der Waals surface area contributed by atoms with Crippen LogP contribution in [0.25, 0.3) is 0 Å². The fourth-order valence-corrected chi connectivity index (χ4v) is 2.97. The molecule has 3 aromatic carbocycles. The first kappa shape index (κ1) is 25.2. The lowest BCUT2D eigenvalue weighted by Gasteiger charge is -2.10. The number of methoxy groups -OCH3 is 1. The van der Waals surface area contributed by atoms with E-state index in [2.05, 4.69) is 10.5 Å². The molecule has 0 bridgehead atoms. The molecule has 11 heteroatoms. The van der Waals surface area contributed by atoms with Crippen LogP contribution in [0.15, 0.2) is 65.8 Å². The lowest BCUT2D eigenvalue weighted by atomic mass is 10.2. The Morgan fingerprint density at radius 1 is 1.06 bits per heavy atom. The first-order valence-electron chi connectivity index (χ1n) is 10.1. The van der Waals surface area contributed by atoms with E-state index >= 15 is 0 Å². The number of amides is 1. The fourth-order valence-electron chi connectivity index (χ4n) is 2.84. The number of aryl methyl sites for hydroxylation is 1. The van der Waals surface area contributed by atoms with Crippen molar-refractivity contribution >= 4 is 35.4 Å². The Kier molecular flexibility index (Phi) is 8.36. The number of benzene rings is 3. The highest BCUT2D eigenvalue weighted by Crippen LogP contribution is 2.29. The van der Waals surface area contributed by atoms with Gasteiger partial charge in [0.15, 0.2) is 23.9 Å². The van der Waals surface area contributed by atoms with E-state index in [1.807, 2.05) is 0 Å². The van der Waals surface area contributed by atoms with Crippen molar-refractivity contribution < 1.29 is 28.7 Å². The summed E-state index contributed by atoms with van der Waals surface area (Å²) in [6, 6.07) is 15.4. The van der Waals surface area contributed by atoms with Gasteiger partial charge in [0.1, 0.15) is 0 Å². The van der Waals surface area contributed by atoms with Gasteiger partial charge < -0.3 is 14.2 Å². The number of halogens is 1. The first-order chi connectivity index (χ1) is 16.8. The number of nitro benzene ring substituents is 1. The van der Waals surface area contributed by atoms with Crippen LogP contribution in [0.4, 0.5) is 5.69 Å². The van der Waals surface area contributed by atoms with Gasteiger partial charge in [0.25, 0.3) is 5.91 Å². The summed E-state index contributed by atoms with van der Waals surface area (Å²) < 4.78 is 15.9. The van der Waals surface area contributed by atoms with Gasteiger partial charge in [0.2, 0.25) is 0 Å². The molecule has 3 aromatic rings. The van der Waals surface area contributed by atoms with Crippen molar-refractivity contribution in [2.75, 3.05) is 13.7 Å². The molecule has 1 amide bonds. The Morgan fingerprint density at radius 3 is 2.46 bits per heavy atom. The summed E-state index contributed by atoms with van der Waals surface area (Å²) in [5.41, 5.74) is 3.60. The summed E-state index contributed by atoms with van der Waals surface area (Å²) in [7, 11) is 1.42. The zero-order chi connectivity index (χ0) is 25.4. The van der Waals surface area contributed by atoms with E-state index in [0.29, 0.717) is 21.7 Å². The van der Waals surface area contributed by atoms with Gasteiger partial charge in [-0.25, -0.2) is 10.2 Å². The van der Waals surface area contributed by atoms with E-state index < -0.39 is 23.4 Å². The van der Waals surface area contributed by atoms with E-state index in [4.69, 9.17) is 25.8 Å². The maximum absolute atomic E-state index is 12.3. The van der Waals surface area contributed by atoms with E-state index in [1.165, 1.54) is 31.5 Å². The molecule has 35 heavy (non-hydrogen) atoms. The van der Waals surface area contributed by atoms with Crippen LogP contribution in [0.2, 0.25) is 5.02 Å². The smallest absolute Gasteiger partial charge is 0.343 e.